The number of ether oxygens (including phenoxy) is 3. The van der Waals surface area contributed by atoms with Crippen LogP contribution in [-0.2, 0) is 4.74 Å². The first-order valence-corrected chi connectivity index (χ1v) is 9.88. The van der Waals surface area contributed by atoms with Crippen LogP contribution in [0.2, 0.25) is 0 Å². The van der Waals surface area contributed by atoms with Gasteiger partial charge in [0.05, 0.1) is 44.4 Å². The lowest BCUT2D eigenvalue weighted by atomic mass is 10.1. The molecule has 31 heavy (non-hydrogen) atoms. The van der Waals surface area contributed by atoms with E-state index in [1.54, 1.807) is 44.0 Å². The van der Waals surface area contributed by atoms with E-state index in [9.17, 15) is 4.79 Å². The Bertz CT molecular complexity index is 1100. The lowest BCUT2D eigenvalue weighted by molar-refractivity contribution is 0.0706. The number of hydrogen-bond donors (Lipinski definition) is 2. The van der Waals surface area contributed by atoms with E-state index in [1.807, 2.05) is 12.1 Å². The average molecular weight is 424 g/mol. The average Bonchev–Trinajstić information content (AvgIpc) is 2.82. The minimum absolute atomic E-state index is 0.127. The maximum absolute atomic E-state index is 11.6. The van der Waals surface area contributed by atoms with Gasteiger partial charge in [-0.25, -0.2) is 15.4 Å². The van der Waals surface area contributed by atoms with Gasteiger partial charge in [-0.05, 0) is 19.1 Å². The number of benzene rings is 2. The molecule has 9 nitrogen and oxygen atoms in total. The number of carbonyl (C=O) groups excluding carboxylic acids is 1. The normalized spacial score (nSPS) is 16.3. The zero-order valence-corrected chi connectivity index (χ0v) is 17.6. The van der Waals surface area contributed by atoms with Gasteiger partial charge in [-0.2, -0.15) is 0 Å². The summed E-state index contributed by atoms with van der Waals surface area (Å²) in [5.41, 5.74) is 3.38. The van der Waals surface area contributed by atoms with E-state index in [0.29, 0.717) is 48.2 Å². The second kappa shape index (κ2) is 8.75. The molecule has 0 bridgehead atoms. The number of rotatable bonds is 5. The van der Waals surface area contributed by atoms with Crippen LogP contribution < -0.4 is 19.9 Å². The van der Waals surface area contributed by atoms with Gasteiger partial charge in [0.2, 0.25) is 0 Å². The fourth-order valence-electron chi connectivity index (χ4n) is 3.68. The van der Waals surface area contributed by atoms with Crippen LogP contribution in [0.4, 0.5) is 5.82 Å². The summed E-state index contributed by atoms with van der Waals surface area (Å²) in [6.45, 7) is 3.99. The topological polar surface area (TPSA) is 106 Å². The predicted octanol–water partition coefficient (Wildman–Crippen LogP) is 2.66. The van der Waals surface area contributed by atoms with Gasteiger partial charge in [-0.3, -0.25) is 10.0 Å². The fraction of sp³-hybridized carbons (Fsp3) is 0.318. The number of fused-ring (bicyclic) bond motifs is 1. The maximum atomic E-state index is 11.6. The van der Waals surface area contributed by atoms with Crippen molar-refractivity contribution in [3.05, 3.63) is 42.0 Å². The summed E-state index contributed by atoms with van der Waals surface area (Å²) in [6, 6.07) is 10.5. The molecular weight excluding hydrogens is 400 g/mol. The van der Waals surface area contributed by atoms with Crippen LogP contribution >= 0.6 is 0 Å². The Kier molecular flexibility index (Phi) is 5.88. The summed E-state index contributed by atoms with van der Waals surface area (Å²) in [4.78, 5) is 23.5. The Morgan fingerprint density at radius 1 is 1.19 bits per heavy atom. The molecule has 2 aromatic carbocycles. The Balaban J connectivity index is 1.91. The number of hydroxylamine groups is 1. The third-order valence-electron chi connectivity index (χ3n) is 5.32. The van der Waals surface area contributed by atoms with E-state index in [2.05, 4.69) is 11.8 Å². The Labute approximate surface area is 179 Å². The van der Waals surface area contributed by atoms with Crippen molar-refractivity contribution in [2.24, 2.45) is 0 Å². The summed E-state index contributed by atoms with van der Waals surface area (Å²) >= 11 is 0. The second-order valence-corrected chi connectivity index (χ2v) is 7.23. The van der Waals surface area contributed by atoms with E-state index in [4.69, 9.17) is 29.4 Å². The molecule has 1 aliphatic rings. The molecule has 3 aromatic rings. The lowest BCUT2D eigenvalue weighted by Gasteiger charge is -2.35. The zero-order valence-electron chi connectivity index (χ0n) is 17.6. The van der Waals surface area contributed by atoms with Gasteiger partial charge in [0.25, 0.3) is 5.91 Å². The smallest absolute Gasteiger partial charge is 0.274 e. The summed E-state index contributed by atoms with van der Waals surface area (Å²) in [5.74, 6) is 1.94. The van der Waals surface area contributed by atoms with Crippen LogP contribution in [0.5, 0.6) is 11.5 Å². The molecule has 9 heteroatoms. The number of anilines is 1. The van der Waals surface area contributed by atoms with Crippen LogP contribution in [0.1, 0.15) is 17.3 Å². The van der Waals surface area contributed by atoms with Crippen LogP contribution in [0, 0.1) is 0 Å². The summed E-state index contributed by atoms with van der Waals surface area (Å²) < 4.78 is 16.7. The van der Waals surface area contributed by atoms with Gasteiger partial charge < -0.3 is 19.1 Å². The molecule has 1 aliphatic heterocycles. The molecule has 0 aliphatic carbocycles. The lowest BCUT2D eigenvalue weighted by Crippen LogP contribution is -2.44. The molecule has 1 fully saturated rings. The van der Waals surface area contributed by atoms with E-state index < -0.39 is 5.91 Å². The van der Waals surface area contributed by atoms with Gasteiger partial charge in [-0.1, -0.05) is 12.1 Å². The molecular formula is C22H24N4O5. The van der Waals surface area contributed by atoms with Crippen molar-refractivity contribution in [2.75, 3.05) is 38.9 Å². The molecule has 162 valence electrons. The van der Waals surface area contributed by atoms with Crippen molar-refractivity contribution in [2.45, 2.75) is 13.0 Å². The molecule has 1 saturated heterocycles. The monoisotopic (exact) mass is 424 g/mol. The molecule has 0 spiro atoms. The first-order chi connectivity index (χ1) is 15.0. The van der Waals surface area contributed by atoms with Crippen molar-refractivity contribution in [3.8, 4) is 22.9 Å². The predicted molar refractivity (Wildman–Crippen MR) is 115 cm³/mol. The minimum Gasteiger partial charge on any atom is -0.497 e. The summed E-state index contributed by atoms with van der Waals surface area (Å²) in [5, 5.41) is 9.64. The van der Waals surface area contributed by atoms with Crippen LogP contribution in [0.25, 0.3) is 22.3 Å². The van der Waals surface area contributed by atoms with E-state index in [0.717, 1.165) is 16.8 Å². The number of aromatic nitrogens is 2. The van der Waals surface area contributed by atoms with Gasteiger partial charge >= 0.3 is 0 Å². The zero-order chi connectivity index (χ0) is 22.0. The van der Waals surface area contributed by atoms with Crippen molar-refractivity contribution < 1.29 is 24.2 Å². The molecule has 2 heterocycles. The number of methoxy groups -OCH3 is 2. The molecule has 0 saturated carbocycles. The van der Waals surface area contributed by atoms with Gasteiger partial charge in [0.15, 0.2) is 5.82 Å². The summed E-state index contributed by atoms with van der Waals surface area (Å²) in [6.07, 6.45) is 0. The SMILES string of the molecule is COc1cc(OC)c2c(N3CCOC[C@@H]3C)nc(-c3ccc(C(=O)NO)cc3)nc2c1. The largest absolute Gasteiger partial charge is 0.497 e. The number of amides is 1. The van der Waals surface area contributed by atoms with Gasteiger partial charge in [0.1, 0.15) is 17.3 Å². The van der Waals surface area contributed by atoms with Crippen molar-refractivity contribution in [3.63, 3.8) is 0 Å². The van der Waals surface area contributed by atoms with Crippen molar-refractivity contribution >= 4 is 22.6 Å². The number of nitrogens with one attached hydrogen (secondary N) is 1. The van der Waals surface area contributed by atoms with Crippen LogP contribution in [-0.4, -0.2) is 61.1 Å². The molecule has 0 unspecified atom stereocenters. The Hall–Kier alpha value is -3.43. The highest BCUT2D eigenvalue weighted by molar-refractivity contribution is 5.98. The Morgan fingerprint density at radius 3 is 2.61 bits per heavy atom. The second-order valence-electron chi connectivity index (χ2n) is 7.23. The van der Waals surface area contributed by atoms with Gasteiger partial charge in [0, 0.05) is 29.8 Å². The molecule has 1 amide bonds. The number of carbonyl (C=O) groups is 1. The molecule has 4 rings (SSSR count). The third-order valence-corrected chi connectivity index (χ3v) is 5.32. The van der Waals surface area contributed by atoms with Crippen molar-refractivity contribution in [1.82, 2.24) is 15.4 Å². The quantitative estimate of drug-likeness (QED) is 0.476. The van der Waals surface area contributed by atoms with Crippen LogP contribution in [0.3, 0.4) is 0 Å². The van der Waals surface area contributed by atoms with Crippen molar-refractivity contribution in [1.29, 1.82) is 0 Å². The molecule has 1 aromatic heterocycles. The third kappa shape index (κ3) is 3.97. The minimum atomic E-state index is -0.580. The van der Waals surface area contributed by atoms with E-state index >= 15 is 0 Å². The first-order valence-electron chi connectivity index (χ1n) is 9.88. The summed E-state index contributed by atoms with van der Waals surface area (Å²) in [7, 11) is 3.21. The number of morpholine rings is 1. The first kappa shape index (κ1) is 20.8. The molecule has 0 radical (unpaired) electrons. The maximum Gasteiger partial charge on any atom is 0.274 e. The standard InChI is InChI=1S/C22H24N4O5/c1-13-12-31-9-8-26(13)21-19-17(10-16(29-2)11-18(19)30-3)23-20(24-21)14-4-6-15(7-5-14)22(27)25-28/h4-7,10-11,13,28H,8-9,12H2,1-3H3,(H,25,27)/t13-/m0/s1. The van der Waals surface area contributed by atoms with Gasteiger partial charge in [-0.15, -0.1) is 0 Å². The number of hydrogen-bond acceptors (Lipinski definition) is 8. The fourth-order valence-corrected chi connectivity index (χ4v) is 3.68. The highest BCUT2D eigenvalue weighted by atomic mass is 16.5. The molecule has 1 atom stereocenters. The van der Waals surface area contributed by atoms with Crippen LogP contribution in [0.15, 0.2) is 36.4 Å². The highest BCUT2D eigenvalue weighted by Crippen LogP contribution is 2.38. The highest BCUT2D eigenvalue weighted by Gasteiger charge is 2.25. The Morgan fingerprint density at radius 2 is 1.97 bits per heavy atom. The van der Waals surface area contributed by atoms with E-state index in [-0.39, 0.29) is 6.04 Å². The number of nitrogens with zero attached hydrogens (tertiary/aromatic N) is 3. The molecule has 2 N–H and O–H groups in total. The van der Waals surface area contributed by atoms with E-state index in [1.165, 1.54) is 0 Å².